The van der Waals surface area contributed by atoms with E-state index in [1.54, 1.807) is 31.2 Å². The molecule has 0 aliphatic rings. The number of carbonyl (C=O) groups is 2. The second-order valence-corrected chi connectivity index (χ2v) is 7.09. The molecular formula is C20H21N5O3S. The number of amides is 1. The fourth-order valence-corrected chi connectivity index (χ4v) is 3.31. The predicted octanol–water partition coefficient (Wildman–Crippen LogP) is 2.87. The maximum absolute atomic E-state index is 12.4. The van der Waals surface area contributed by atoms with Crippen molar-refractivity contribution >= 4 is 29.3 Å². The number of hydrogen-bond acceptors (Lipinski definition) is 7. The zero-order chi connectivity index (χ0) is 20.8. The minimum atomic E-state index is -0.486. The van der Waals surface area contributed by atoms with Gasteiger partial charge in [0, 0.05) is 5.56 Å². The lowest BCUT2D eigenvalue weighted by atomic mass is 10.1. The van der Waals surface area contributed by atoms with E-state index in [4.69, 9.17) is 10.6 Å². The van der Waals surface area contributed by atoms with E-state index in [1.165, 1.54) is 4.68 Å². The summed E-state index contributed by atoms with van der Waals surface area (Å²) in [6.07, 6.45) is 0. The van der Waals surface area contributed by atoms with Gasteiger partial charge < -0.3 is 15.9 Å². The van der Waals surface area contributed by atoms with Crippen LogP contribution in [0.2, 0.25) is 0 Å². The highest BCUT2D eigenvalue weighted by atomic mass is 32.2. The van der Waals surface area contributed by atoms with Gasteiger partial charge in [-0.1, -0.05) is 47.7 Å². The first-order valence-electron chi connectivity index (χ1n) is 8.96. The van der Waals surface area contributed by atoms with Crippen LogP contribution in [-0.4, -0.2) is 39.1 Å². The lowest BCUT2D eigenvalue weighted by Crippen LogP contribution is -2.18. The highest BCUT2D eigenvalue weighted by Crippen LogP contribution is 2.23. The lowest BCUT2D eigenvalue weighted by molar-refractivity contribution is -0.113. The number of rotatable bonds is 7. The number of carbonyl (C=O) groups excluding carboxylic acids is 2. The Balaban J connectivity index is 1.66. The van der Waals surface area contributed by atoms with Crippen LogP contribution in [0.15, 0.2) is 53.7 Å². The van der Waals surface area contributed by atoms with E-state index in [0.29, 0.717) is 22.2 Å². The number of hydrogen-bond donors (Lipinski definition) is 2. The van der Waals surface area contributed by atoms with Gasteiger partial charge >= 0.3 is 5.97 Å². The van der Waals surface area contributed by atoms with Crippen LogP contribution in [0.25, 0.3) is 11.4 Å². The molecule has 0 fully saturated rings. The smallest absolute Gasteiger partial charge is 0.340 e. The third kappa shape index (κ3) is 4.94. The van der Waals surface area contributed by atoms with Crippen molar-refractivity contribution in [3.05, 3.63) is 59.7 Å². The first-order chi connectivity index (χ1) is 14.0. The molecule has 3 aromatic rings. The Labute approximate surface area is 172 Å². The summed E-state index contributed by atoms with van der Waals surface area (Å²) >= 11 is 1.15. The van der Waals surface area contributed by atoms with Crippen molar-refractivity contribution in [1.82, 2.24) is 14.9 Å². The van der Waals surface area contributed by atoms with Gasteiger partial charge in [-0.15, -0.1) is 10.2 Å². The standard InChI is InChI=1S/C20H21N5O3S/c1-3-28-19(27)15-9-4-5-10-16(15)22-17(26)12-29-20-24-23-18(25(20)21)14-8-6-7-13(2)11-14/h4-11H,3,12,21H2,1-2H3,(H,22,26). The van der Waals surface area contributed by atoms with Crippen molar-refractivity contribution in [2.24, 2.45) is 0 Å². The molecule has 0 saturated carbocycles. The lowest BCUT2D eigenvalue weighted by Gasteiger charge is -2.10. The zero-order valence-corrected chi connectivity index (χ0v) is 16.9. The molecule has 0 aliphatic carbocycles. The van der Waals surface area contributed by atoms with Gasteiger partial charge in [0.1, 0.15) is 0 Å². The van der Waals surface area contributed by atoms with E-state index in [2.05, 4.69) is 15.5 Å². The van der Waals surface area contributed by atoms with Gasteiger partial charge in [-0.05, 0) is 32.0 Å². The molecule has 0 spiro atoms. The summed E-state index contributed by atoms with van der Waals surface area (Å²) in [6, 6.07) is 14.4. The SMILES string of the molecule is CCOC(=O)c1ccccc1NC(=O)CSc1nnc(-c2cccc(C)c2)n1N. The summed E-state index contributed by atoms with van der Waals surface area (Å²) in [5.41, 5.74) is 2.63. The number of anilines is 1. The van der Waals surface area contributed by atoms with E-state index < -0.39 is 5.97 Å². The molecule has 0 bridgehead atoms. The summed E-state index contributed by atoms with van der Waals surface area (Å²) in [7, 11) is 0. The number of nitrogen functional groups attached to an aromatic ring is 1. The van der Waals surface area contributed by atoms with E-state index in [1.807, 2.05) is 31.2 Å². The van der Waals surface area contributed by atoms with Crippen molar-refractivity contribution in [2.45, 2.75) is 19.0 Å². The molecule has 1 amide bonds. The molecule has 3 N–H and O–H groups in total. The van der Waals surface area contributed by atoms with Crippen molar-refractivity contribution < 1.29 is 14.3 Å². The quantitative estimate of drug-likeness (QED) is 0.349. The molecule has 9 heteroatoms. The van der Waals surface area contributed by atoms with Crippen molar-refractivity contribution in [1.29, 1.82) is 0 Å². The number of thioether (sulfide) groups is 1. The largest absolute Gasteiger partial charge is 0.462 e. The number of esters is 1. The molecule has 29 heavy (non-hydrogen) atoms. The predicted molar refractivity (Wildman–Crippen MR) is 112 cm³/mol. The maximum Gasteiger partial charge on any atom is 0.340 e. The van der Waals surface area contributed by atoms with E-state index in [-0.39, 0.29) is 18.3 Å². The third-order valence-electron chi connectivity index (χ3n) is 3.97. The van der Waals surface area contributed by atoms with E-state index in [0.717, 1.165) is 22.9 Å². The van der Waals surface area contributed by atoms with Crippen molar-refractivity contribution in [3.63, 3.8) is 0 Å². The summed E-state index contributed by atoms with van der Waals surface area (Å²) in [4.78, 5) is 24.4. The first-order valence-corrected chi connectivity index (χ1v) is 9.94. The first kappa shape index (κ1) is 20.4. The molecule has 0 atom stereocenters. The van der Waals surface area contributed by atoms with Crippen LogP contribution >= 0.6 is 11.8 Å². The second kappa shape index (κ2) is 9.24. The number of para-hydroxylation sites is 1. The molecule has 1 heterocycles. The minimum absolute atomic E-state index is 0.0559. The van der Waals surface area contributed by atoms with Crippen molar-refractivity contribution in [3.8, 4) is 11.4 Å². The van der Waals surface area contributed by atoms with E-state index in [9.17, 15) is 9.59 Å². The van der Waals surface area contributed by atoms with Gasteiger partial charge in [0.15, 0.2) is 5.82 Å². The van der Waals surface area contributed by atoms with Crippen LogP contribution in [0.5, 0.6) is 0 Å². The van der Waals surface area contributed by atoms with Crippen LogP contribution in [0, 0.1) is 6.92 Å². The summed E-state index contributed by atoms with van der Waals surface area (Å²) in [5.74, 6) is 5.89. The van der Waals surface area contributed by atoms with Crippen LogP contribution < -0.4 is 11.2 Å². The van der Waals surface area contributed by atoms with Crippen LogP contribution in [-0.2, 0) is 9.53 Å². The van der Waals surface area contributed by atoms with Crippen LogP contribution in [0.3, 0.4) is 0 Å². The molecule has 1 aromatic heterocycles. The summed E-state index contributed by atoms with van der Waals surface area (Å²) in [5, 5.41) is 11.3. The highest BCUT2D eigenvalue weighted by molar-refractivity contribution is 7.99. The Bertz CT molecular complexity index is 1030. The number of aryl methyl sites for hydroxylation is 1. The summed E-state index contributed by atoms with van der Waals surface area (Å²) in [6.45, 7) is 3.96. The molecule has 8 nitrogen and oxygen atoms in total. The molecular weight excluding hydrogens is 390 g/mol. The molecule has 0 radical (unpaired) electrons. The van der Waals surface area contributed by atoms with Crippen LogP contribution in [0.4, 0.5) is 5.69 Å². The van der Waals surface area contributed by atoms with Gasteiger partial charge in [-0.2, -0.15) is 0 Å². The number of nitrogens with one attached hydrogen (secondary N) is 1. The normalized spacial score (nSPS) is 10.6. The van der Waals surface area contributed by atoms with Gasteiger partial charge in [0.2, 0.25) is 11.1 Å². The number of aromatic nitrogens is 3. The van der Waals surface area contributed by atoms with Crippen LogP contribution in [0.1, 0.15) is 22.8 Å². The number of nitrogens with two attached hydrogens (primary N) is 1. The highest BCUT2D eigenvalue weighted by Gasteiger charge is 2.16. The van der Waals surface area contributed by atoms with Crippen molar-refractivity contribution in [2.75, 3.05) is 23.5 Å². The van der Waals surface area contributed by atoms with E-state index >= 15 is 0 Å². The molecule has 0 saturated heterocycles. The zero-order valence-electron chi connectivity index (χ0n) is 16.1. The average molecular weight is 411 g/mol. The molecule has 150 valence electrons. The minimum Gasteiger partial charge on any atom is -0.462 e. The summed E-state index contributed by atoms with van der Waals surface area (Å²) < 4.78 is 6.38. The number of nitrogens with zero attached hydrogens (tertiary/aromatic N) is 3. The Morgan fingerprint density at radius 3 is 2.72 bits per heavy atom. The Morgan fingerprint density at radius 1 is 1.17 bits per heavy atom. The Hall–Kier alpha value is -3.33. The fraction of sp³-hybridized carbons (Fsp3) is 0.200. The Morgan fingerprint density at radius 2 is 1.97 bits per heavy atom. The third-order valence-corrected chi connectivity index (χ3v) is 4.91. The Kier molecular flexibility index (Phi) is 6.50. The molecule has 2 aromatic carbocycles. The monoisotopic (exact) mass is 411 g/mol. The molecule has 0 aliphatic heterocycles. The topological polar surface area (TPSA) is 112 Å². The van der Waals surface area contributed by atoms with Gasteiger partial charge in [0.25, 0.3) is 0 Å². The molecule has 3 rings (SSSR count). The maximum atomic E-state index is 12.4. The fourth-order valence-electron chi connectivity index (χ4n) is 2.65. The van der Waals surface area contributed by atoms with Gasteiger partial charge in [-0.3, -0.25) is 4.79 Å². The second-order valence-electron chi connectivity index (χ2n) is 6.15. The average Bonchev–Trinajstić information content (AvgIpc) is 3.07. The molecule has 0 unspecified atom stereocenters. The number of ether oxygens (including phenoxy) is 1. The number of benzene rings is 2. The van der Waals surface area contributed by atoms with Gasteiger partial charge in [0.05, 0.1) is 23.6 Å². The van der Waals surface area contributed by atoms with Gasteiger partial charge in [-0.25, -0.2) is 9.47 Å².